The van der Waals surface area contributed by atoms with E-state index >= 15 is 0 Å². The van der Waals surface area contributed by atoms with Crippen LogP contribution in [0.15, 0.2) is 101 Å². The molecule has 2 heteroatoms. The summed E-state index contributed by atoms with van der Waals surface area (Å²) in [5.41, 5.74) is 12.8. The number of unbranched alkanes of at least 4 members (excludes halogenated alkanes) is 10. The molecule has 0 unspecified atom stereocenters. The van der Waals surface area contributed by atoms with Crippen LogP contribution in [0.1, 0.15) is 126 Å². The third-order valence-electron chi connectivity index (χ3n) is 9.39. The van der Waals surface area contributed by atoms with E-state index in [1.807, 2.05) is 6.20 Å². The van der Waals surface area contributed by atoms with Gasteiger partial charge in [-0.2, -0.15) is 10.2 Å². The van der Waals surface area contributed by atoms with E-state index in [-0.39, 0.29) is 0 Å². The molecule has 2 nitrogen and oxygen atoms in total. The van der Waals surface area contributed by atoms with Gasteiger partial charge in [0.15, 0.2) is 0 Å². The first-order valence-corrected chi connectivity index (χ1v) is 18.6. The van der Waals surface area contributed by atoms with Crippen molar-refractivity contribution in [2.75, 3.05) is 0 Å². The van der Waals surface area contributed by atoms with Gasteiger partial charge in [-0.3, -0.25) is 0 Å². The molecule has 0 atom stereocenters. The predicted octanol–water partition coefficient (Wildman–Crippen LogP) is 14.5. The fourth-order valence-corrected chi connectivity index (χ4v) is 6.84. The molecule has 4 aromatic rings. The Balaban J connectivity index is 1.54. The number of benzene rings is 4. The van der Waals surface area contributed by atoms with Crippen LogP contribution in [-0.2, 0) is 19.3 Å². The van der Waals surface area contributed by atoms with Crippen molar-refractivity contribution < 1.29 is 0 Å². The molecule has 0 fully saturated rings. The molecule has 0 radical (unpaired) electrons. The van der Waals surface area contributed by atoms with Crippen LogP contribution < -0.4 is 0 Å². The highest BCUT2D eigenvalue weighted by atomic mass is 15.1. The molecule has 0 saturated heterocycles. The van der Waals surface area contributed by atoms with Crippen LogP contribution in [0.4, 0.5) is 5.69 Å². The summed E-state index contributed by atoms with van der Waals surface area (Å²) in [6, 6.07) is 30.4. The molecular formula is C45H58N2. The summed E-state index contributed by atoms with van der Waals surface area (Å²) < 4.78 is 0. The summed E-state index contributed by atoms with van der Waals surface area (Å²) in [6.07, 6.45) is 23.6. The Labute approximate surface area is 286 Å². The van der Waals surface area contributed by atoms with Crippen LogP contribution in [0.25, 0.3) is 28.3 Å². The molecule has 0 saturated carbocycles. The molecule has 0 bridgehead atoms. The molecule has 0 amide bonds. The van der Waals surface area contributed by atoms with Crippen molar-refractivity contribution in [3.05, 3.63) is 119 Å². The predicted molar refractivity (Wildman–Crippen MR) is 206 cm³/mol. The summed E-state index contributed by atoms with van der Waals surface area (Å²) in [5.74, 6) is 0. The van der Waals surface area contributed by atoms with Gasteiger partial charge in [0, 0.05) is 0 Å². The van der Waals surface area contributed by atoms with Gasteiger partial charge in [-0.05, 0) is 107 Å². The lowest BCUT2D eigenvalue weighted by molar-refractivity contribution is 0.598. The summed E-state index contributed by atoms with van der Waals surface area (Å²) in [7, 11) is 0. The Morgan fingerprint density at radius 3 is 1.79 bits per heavy atom. The van der Waals surface area contributed by atoms with Crippen molar-refractivity contribution in [3.8, 4) is 22.3 Å². The van der Waals surface area contributed by atoms with Crippen LogP contribution in [0.2, 0.25) is 0 Å². The van der Waals surface area contributed by atoms with E-state index < -0.39 is 0 Å². The fraction of sp³-hybridized carbons (Fsp3) is 0.422. The minimum atomic E-state index is 0.873. The first kappa shape index (κ1) is 36.1. The van der Waals surface area contributed by atoms with Crippen LogP contribution in [-0.4, -0.2) is 0 Å². The van der Waals surface area contributed by atoms with Crippen LogP contribution in [0, 0.1) is 6.92 Å². The molecule has 0 N–H and O–H groups in total. The van der Waals surface area contributed by atoms with Crippen molar-refractivity contribution in [1.29, 1.82) is 0 Å². The smallest absolute Gasteiger partial charge is 0.0866 e. The SMILES string of the molecule is CCCCCCCCc1cc(C=CN=Nc2cc(C)c(-c3ccccc3)c(-c3ccccc3)c2)cc(CC)c1CCCCCCCC. The molecule has 0 aromatic heterocycles. The molecule has 47 heavy (non-hydrogen) atoms. The normalized spacial score (nSPS) is 11.7. The summed E-state index contributed by atoms with van der Waals surface area (Å²) in [4.78, 5) is 0. The van der Waals surface area contributed by atoms with Crippen LogP contribution >= 0.6 is 0 Å². The molecular weight excluding hydrogens is 569 g/mol. The zero-order chi connectivity index (χ0) is 33.1. The topological polar surface area (TPSA) is 24.7 Å². The third kappa shape index (κ3) is 11.5. The average Bonchev–Trinajstić information content (AvgIpc) is 3.10. The lowest BCUT2D eigenvalue weighted by Gasteiger charge is -2.16. The number of nitrogens with zero attached hydrogens (tertiary/aromatic N) is 2. The van der Waals surface area contributed by atoms with Crippen molar-refractivity contribution in [3.63, 3.8) is 0 Å². The number of hydrogen-bond acceptors (Lipinski definition) is 2. The van der Waals surface area contributed by atoms with Crippen molar-refractivity contribution in [2.24, 2.45) is 10.2 Å². The van der Waals surface area contributed by atoms with E-state index in [1.54, 1.807) is 11.1 Å². The molecule has 0 heterocycles. The molecule has 0 spiro atoms. The van der Waals surface area contributed by atoms with E-state index in [2.05, 4.69) is 129 Å². The summed E-state index contributed by atoms with van der Waals surface area (Å²) in [5, 5.41) is 9.24. The molecule has 0 aliphatic carbocycles. The van der Waals surface area contributed by atoms with Crippen molar-refractivity contribution >= 4 is 11.8 Å². The lowest BCUT2D eigenvalue weighted by Crippen LogP contribution is -2.02. The Morgan fingerprint density at radius 1 is 0.574 bits per heavy atom. The zero-order valence-corrected chi connectivity index (χ0v) is 29.7. The fourth-order valence-electron chi connectivity index (χ4n) is 6.84. The Bertz CT molecular complexity index is 1530. The van der Waals surface area contributed by atoms with Gasteiger partial charge in [0.25, 0.3) is 0 Å². The highest BCUT2D eigenvalue weighted by molar-refractivity contribution is 5.87. The molecule has 4 aromatic carbocycles. The molecule has 4 rings (SSSR count). The van der Waals surface area contributed by atoms with Crippen molar-refractivity contribution in [2.45, 2.75) is 124 Å². The number of hydrogen-bond donors (Lipinski definition) is 0. The molecule has 0 aliphatic rings. The number of aryl methyl sites for hydroxylation is 3. The first-order chi connectivity index (χ1) is 23.1. The Kier molecular flexibility index (Phi) is 15.7. The van der Waals surface area contributed by atoms with E-state index in [0.717, 1.165) is 12.1 Å². The summed E-state index contributed by atoms with van der Waals surface area (Å²) in [6.45, 7) is 9.08. The highest BCUT2D eigenvalue weighted by Gasteiger charge is 2.13. The molecule has 0 aliphatic heterocycles. The van der Waals surface area contributed by atoms with Crippen molar-refractivity contribution in [1.82, 2.24) is 0 Å². The van der Waals surface area contributed by atoms with Gasteiger partial charge in [0.1, 0.15) is 0 Å². The summed E-state index contributed by atoms with van der Waals surface area (Å²) >= 11 is 0. The van der Waals surface area contributed by atoms with Gasteiger partial charge in [-0.25, -0.2) is 0 Å². The van der Waals surface area contributed by atoms with Gasteiger partial charge in [0.05, 0.1) is 11.9 Å². The first-order valence-electron chi connectivity index (χ1n) is 18.6. The van der Waals surface area contributed by atoms with E-state index in [9.17, 15) is 0 Å². The van der Waals surface area contributed by atoms with E-state index in [0.29, 0.717) is 0 Å². The monoisotopic (exact) mass is 626 g/mol. The van der Waals surface area contributed by atoms with Gasteiger partial charge in [0.2, 0.25) is 0 Å². The Hall–Kier alpha value is -3.78. The highest BCUT2D eigenvalue weighted by Crippen LogP contribution is 2.38. The van der Waals surface area contributed by atoms with E-state index in [4.69, 9.17) is 0 Å². The minimum Gasteiger partial charge on any atom is -0.159 e. The van der Waals surface area contributed by atoms with Gasteiger partial charge in [-0.15, -0.1) is 0 Å². The maximum Gasteiger partial charge on any atom is 0.0866 e. The van der Waals surface area contributed by atoms with Gasteiger partial charge < -0.3 is 0 Å². The largest absolute Gasteiger partial charge is 0.159 e. The zero-order valence-electron chi connectivity index (χ0n) is 29.7. The average molecular weight is 627 g/mol. The van der Waals surface area contributed by atoms with Gasteiger partial charge in [-0.1, -0.05) is 158 Å². The molecule has 248 valence electrons. The second kappa shape index (κ2) is 20.5. The lowest BCUT2D eigenvalue weighted by atomic mass is 9.89. The standard InChI is InChI=1S/C45H58N2/c1-5-8-10-12-14-18-28-41-34-37(33-38(7-3)43(41)29-23-15-13-11-9-6-2)30-31-46-47-42-32-36(4)45(40-26-21-17-22-27-40)44(35-42)39-24-19-16-20-25-39/h16-17,19-22,24-27,30-35H,5-15,18,23,28-29H2,1-4H3. The third-order valence-corrected chi connectivity index (χ3v) is 9.39. The van der Waals surface area contributed by atoms with Crippen LogP contribution in [0.3, 0.4) is 0 Å². The number of rotatable bonds is 20. The maximum atomic E-state index is 4.68. The number of azo groups is 1. The second-order valence-corrected chi connectivity index (χ2v) is 13.2. The van der Waals surface area contributed by atoms with Gasteiger partial charge >= 0.3 is 0 Å². The van der Waals surface area contributed by atoms with Crippen LogP contribution in [0.5, 0.6) is 0 Å². The minimum absolute atomic E-state index is 0.873. The van der Waals surface area contributed by atoms with E-state index in [1.165, 1.54) is 129 Å². The second-order valence-electron chi connectivity index (χ2n) is 13.2. The quantitative estimate of drug-likeness (QED) is 0.0689. The maximum absolute atomic E-state index is 4.68. The Morgan fingerprint density at radius 2 is 1.15 bits per heavy atom.